The number of thioether (sulfide) groups is 1. The van der Waals surface area contributed by atoms with Crippen molar-refractivity contribution >= 4 is 39.3 Å². The number of hydrogen-bond donors (Lipinski definition) is 0. The summed E-state index contributed by atoms with van der Waals surface area (Å²) in [5.74, 6) is 0.836. The molecule has 2 aromatic rings. The van der Waals surface area contributed by atoms with Crippen LogP contribution in [0.5, 0.6) is 0 Å². The molecule has 0 saturated heterocycles. The monoisotopic (exact) mass is 313 g/mol. The predicted molar refractivity (Wildman–Crippen MR) is 73.0 cm³/mol. The molecule has 0 saturated carbocycles. The molecule has 0 aliphatic heterocycles. The standard InChI is InChI=1S/C12H9BrClNS/c13-11-6-3-7-12(15-11)16-8-9-4-1-2-5-10(9)14/h1-7H,8H2. The Morgan fingerprint density at radius 1 is 1.12 bits per heavy atom. The molecule has 0 amide bonds. The van der Waals surface area contributed by atoms with Gasteiger partial charge in [0.15, 0.2) is 0 Å². The molecule has 1 nitrogen and oxygen atoms in total. The Labute approximate surface area is 112 Å². The summed E-state index contributed by atoms with van der Waals surface area (Å²) in [4.78, 5) is 4.35. The van der Waals surface area contributed by atoms with E-state index in [0.29, 0.717) is 0 Å². The van der Waals surface area contributed by atoms with Crippen molar-refractivity contribution in [3.05, 3.63) is 57.7 Å². The molecule has 16 heavy (non-hydrogen) atoms. The molecule has 2 rings (SSSR count). The maximum atomic E-state index is 6.08. The quantitative estimate of drug-likeness (QED) is 0.597. The van der Waals surface area contributed by atoms with Crippen molar-refractivity contribution in [2.24, 2.45) is 0 Å². The Bertz CT molecular complexity index is 490. The smallest absolute Gasteiger partial charge is 0.107 e. The molecule has 0 bridgehead atoms. The maximum absolute atomic E-state index is 6.08. The van der Waals surface area contributed by atoms with Gasteiger partial charge in [-0.3, -0.25) is 0 Å². The highest BCUT2D eigenvalue weighted by molar-refractivity contribution is 9.10. The van der Waals surface area contributed by atoms with Gasteiger partial charge < -0.3 is 0 Å². The largest absolute Gasteiger partial charge is 0.235 e. The topological polar surface area (TPSA) is 12.9 Å². The first-order valence-corrected chi connectivity index (χ1v) is 6.90. The van der Waals surface area contributed by atoms with Crippen LogP contribution in [0.2, 0.25) is 5.02 Å². The average Bonchev–Trinajstić information content (AvgIpc) is 2.28. The van der Waals surface area contributed by atoms with Gasteiger partial charge in [-0.1, -0.05) is 35.9 Å². The minimum Gasteiger partial charge on any atom is -0.235 e. The van der Waals surface area contributed by atoms with Crippen LogP contribution in [0.25, 0.3) is 0 Å². The van der Waals surface area contributed by atoms with Gasteiger partial charge in [-0.25, -0.2) is 4.98 Å². The van der Waals surface area contributed by atoms with E-state index in [9.17, 15) is 0 Å². The first kappa shape index (κ1) is 12.0. The van der Waals surface area contributed by atoms with Crippen LogP contribution >= 0.6 is 39.3 Å². The van der Waals surface area contributed by atoms with Gasteiger partial charge >= 0.3 is 0 Å². The van der Waals surface area contributed by atoms with E-state index in [0.717, 1.165) is 26.0 Å². The summed E-state index contributed by atoms with van der Waals surface area (Å²) in [5, 5.41) is 1.80. The Hall–Kier alpha value is -0.510. The molecular weight excluding hydrogens is 306 g/mol. The molecule has 4 heteroatoms. The molecule has 1 aromatic carbocycles. The van der Waals surface area contributed by atoms with Crippen LogP contribution in [0, 0.1) is 0 Å². The number of aromatic nitrogens is 1. The second-order valence-corrected chi connectivity index (χ2v) is 5.39. The normalized spacial score (nSPS) is 10.4. The molecule has 0 unspecified atom stereocenters. The highest BCUT2D eigenvalue weighted by atomic mass is 79.9. The van der Waals surface area contributed by atoms with Gasteiger partial charge in [-0.15, -0.1) is 11.8 Å². The fourth-order valence-electron chi connectivity index (χ4n) is 1.24. The van der Waals surface area contributed by atoms with E-state index in [4.69, 9.17) is 11.6 Å². The zero-order chi connectivity index (χ0) is 11.4. The van der Waals surface area contributed by atoms with E-state index in [1.165, 1.54) is 0 Å². The van der Waals surface area contributed by atoms with Crippen molar-refractivity contribution in [1.29, 1.82) is 0 Å². The van der Waals surface area contributed by atoms with Gasteiger partial charge in [0.25, 0.3) is 0 Å². The van der Waals surface area contributed by atoms with Gasteiger partial charge in [-0.2, -0.15) is 0 Å². The van der Waals surface area contributed by atoms with Crippen LogP contribution in [-0.2, 0) is 5.75 Å². The minimum absolute atomic E-state index is 0.810. The number of rotatable bonds is 3. The molecule has 0 radical (unpaired) electrons. The summed E-state index contributed by atoms with van der Waals surface area (Å²) in [6.07, 6.45) is 0. The van der Waals surface area contributed by atoms with Gasteiger partial charge in [0.05, 0.1) is 5.03 Å². The number of hydrogen-bond acceptors (Lipinski definition) is 2. The van der Waals surface area contributed by atoms with Crippen molar-refractivity contribution < 1.29 is 0 Å². The Morgan fingerprint density at radius 2 is 1.94 bits per heavy atom. The molecule has 1 heterocycles. The lowest BCUT2D eigenvalue weighted by Gasteiger charge is -2.03. The summed E-state index contributed by atoms with van der Waals surface area (Å²) < 4.78 is 0.858. The molecule has 82 valence electrons. The van der Waals surface area contributed by atoms with Crippen molar-refractivity contribution in [2.45, 2.75) is 10.8 Å². The molecule has 1 aromatic heterocycles. The second-order valence-electron chi connectivity index (χ2n) is 3.18. The SMILES string of the molecule is Clc1ccccc1CSc1cccc(Br)n1. The molecule has 0 N–H and O–H groups in total. The zero-order valence-corrected chi connectivity index (χ0v) is 11.5. The van der Waals surface area contributed by atoms with E-state index in [2.05, 4.69) is 20.9 Å². The Balaban J connectivity index is 2.05. The number of nitrogens with zero attached hydrogens (tertiary/aromatic N) is 1. The Kier molecular flexibility index (Phi) is 4.27. The summed E-state index contributed by atoms with van der Waals surface area (Å²) in [7, 11) is 0. The van der Waals surface area contributed by atoms with Crippen LogP contribution in [0.1, 0.15) is 5.56 Å². The lowest BCUT2D eigenvalue weighted by Crippen LogP contribution is -1.84. The minimum atomic E-state index is 0.810. The van der Waals surface area contributed by atoms with E-state index < -0.39 is 0 Å². The fraction of sp³-hybridized carbons (Fsp3) is 0.0833. The van der Waals surface area contributed by atoms with Crippen LogP contribution in [-0.4, -0.2) is 4.98 Å². The Morgan fingerprint density at radius 3 is 2.69 bits per heavy atom. The molecule has 0 fully saturated rings. The van der Waals surface area contributed by atoms with Crippen LogP contribution in [0.15, 0.2) is 52.1 Å². The first-order chi connectivity index (χ1) is 7.75. The fourth-order valence-corrected chi connectivity index (χ4v) is 2.87. The lowest BCUT2D eigenvalue weighted by molar-refractivity contribution is 1.10. The third-order valence-electron chi connectivity index (χ3n) is 2.02. The lowest BCUT2D eigenvalue weighted by atomic mass is 10.2. The summed E-state index contributed by atoms with van der Waals surface area (Å²) in [6.45, 7) is 0. The molecule has 0 aliphatic carbocycles. The van der Waals surface area contributed by atoms with Crippen molar-refractivity contribution in [3.63, 3.8) is 0 Å². The third-order valence-corrected chi connectivity index (χ3v) is 3.81. The van der Waals surface area contributed by atoms with Gasteiger partial charge in [-0.05, 0) is 39.7 Å². The number of benzene rings is 1. The second kappa shape index (κ2) is 5.71. The van der Waals surface area contributed by atoms with Crippen LogP contribution in [0.4, 0.5) is 0 Å². The van der Waals surface area contributed by atoms with Crippen LogP contribution < -0.4 is 0 Å². The van der Waals surface area contributed by atoms with E-state index >= 15 is 0 Å². The van der Waals surface area contributed by atoms with Crippen molar-refractivity contribution in [3.8, 4) is 0 Å². The summed E-state index contributed by atoms with van der Waals surface area (Å²) in [6, 6.07) is 13.8. The van der Waals surface area contributed by atoms with E-state index in [1.807, 2.05) is 42.5 Å². The van der Waals surface area contributed by atoms with Crippen LogP contribution in [0.3, 0.4) is 0 Å². The van der Waals surface area contributed by atoms with Crippen molar-refractivity contribution in [2.75, 3.05) is 0 Å². The third kappa shape index (κ3) is 3.24. The highest BCUT2D eigenvalue weighted by Gasteiger charge is 2.01. The first-order valence-electron chi connectivity index (χ1n) is 4.74. The molecule has 0 spiro atoms. The predicted octanol–water partition coefficient (Wildman–Crippen LogP) is 4.79. The summed E-state index contributed by atoms with van der Waals surface area (Å²) >= 11 is 11.1. The summed E-state index contributed by atoms with van der Waals surface area (Å²) in [5.41, 5.74) is 1.14. The molecule has 0 atom stereocenters. The molecule has 0 aliphatic rings. The highest BCUT2D eigenvalue weighted by Crippen LogP contribution is 2.25. The number of pyridine rings is 1. The number of halogens is 2. The van der Waals surface area contributed by atoms with E-state index in [1.54, 1.807) is 11.8 Å². The van der Waals surface area contributed by atoms with E-state index in [-0.39, 0.29) is 0 Å². The average molecular weight is 315 g/mol. The maximum Gasteiger partial charge on any atom is 0.107 e. The van der Waals surface area contributed by atoms with Gasteiger partial charge in [0.1, 0.15) is 4.60 Å². The molecular formula is C12H9BrClNS. The van der Waals surface area contributed by atoms with Crippen molar-refractivity contribution in [1.82, 2.24) is 4.98 Å². The zero-order valence-electron chi connectivity index (χ0n) is 8.36. The van der Waals surface area contributed by atoms with Gasteiger partial charge in [0, 0.05) is 10.8 Å². The van der Waals surface area contributed by atoms with Gasteiger partial charge in [0.2, 0.25) is 0 Å².